The molecule has 0 saturated carbocycles. The van der Waals surface area contributed by atoms with E-state index in [-0.39, 0.29) is 6.61 Å². The zero-order valence-corrected chi connectivity index (χ0v) is 11.5. The first-order valence-corrected chi connectivity index (χ1v) is 8.01. The minimum absolute atomic E-state index is 0.0913. The van der Waals surface area contributed by atoms with Crippen LogP contribution in [0.2, 0.25) is 0 Å². The van der Waals surface area contributed by atoms with E-state index in [1.165, 1.54) is 11.3 Å². The van der Waals surface area contributed by atoms with Crippen molar-refractivity contribution < 1.29 is 13.5 Å². The summed E-state index contributed by atoms with van der Waals surface area (Å²) in [7, 11) is -3.33. The van der Waals surface area contributed by atoms with E-state index in [1.807, 2.05) is 6.92 Å². The van der Waals surface area contributed by atoms with Crippen molar-refractivity contribution in [3.05, 3.63) is 16.5 Å². The van der Waals surface area contributed by atoms with Crippen molar-refractivity contribution in [3.63, 3.8) is 0 Å². The maximum atomic E-state index is 12.3. The Morgan fingerprint density at radius 3 is 2.53 bits per heavy atom. The summed E-state index contributed by atoms with van der Waals surface area (Å²) in [5, 5.41) is 9.11. The molecule has 1 aromatic rings. The van der Waals surface area contributed by atoms with Gasteiger partial charge in [-0.1, -0.05) is 6.42 Å². The Balaban J connectivity index is 2.30. The zero-order valence-electron chi connectivity index (χ0n) is 9.85. The molecule has 0 amide bonds. The van der Waals surface area contributed by atoms with Crippen LogP contribution in [0.15, 0.2) is 10.3 Å². The van der Waals surface area contributed by atoms with Gasteiger partial charge < -0.3 is 5.11 Å². The van der Waals surface area contributed by atoms with Crippen molar-refractivity contribution in [1.82, 2.24) is 4.31 Å². The summed E-state index contributed by atoms with van der Waals surface area (Å²) in [6.07, 6.45) is 2.99. The lowest BCUT2D eigenvalue weighted by Crippen LogP contribution is -2.35. The second kappa shape index (κ2) is 5.06. The minimum Gasteiger partial charge on any atom is -0.391 e. The van der Waals surface area contributed by atoms with E-state index < -0.39 is 10.0 Å². The molecule has 0 spiro atoms. The van der Waals surface area contributed by atoms with Crippen molar-refractivity contribution in [2.75, 3.05) is 13.1 Å². The minimum atomic E-state index is -3.33. The zero-order chi connectivity index (χ0) is 12.5. The van der Waals surface area contributed by atoms with Crippen LogP contribution < -0.4 is 0 Å². The number of hydrogen-bond donors (Lipinski definition) is 1. The van der Waals surface area contributed by atoms with Crippen LogP contribution in [0, 0.1) is 6.92 Å². The topological polar surface area (TPSA) is 57.6 Å². The predicted octanol–water partition coefficient (Wildman–Crippen LogP) is 1.72. The normalized spacial score (nSPS) is 18.5. The lowest BCUT2D eigenvalue weighted by molar-refractivity contribution is 0.285. The summed E-state index contributed by atoms with van der Waals surface area (Å²) in [5.41, 5.74) is 0.855. The fraction of sp³-hybridized carbons (Fsp3) is 0.636. The quantitative estimate of drug-likeness (QED) is 0.914. The van der Waals surface area contributed by atoms with Gasteiger partial charge in [-0.2, -0.15) is 4.31 Å². The molecule has 4 nitrogen and oxygen atoms in total. The van der Waals surface area contributed by atoms with Crippen LogP contribution in [-0.4, -0.2) is 30.9 Å². The molecular formula is C11H17NO3S2. The van der Waals surface area contributed by atoms with Gasteiger partial charge in [0, 0.05) is 18.0 Å². The van der Waals surface area contributed by atoms with Gasteiger partial charge in [0.25, 0.3) is 10.0 Å². The molecule has 1 aliphatic rings. The number of sulfonamides is 1. The van der Waals surface area contributed by atoms with Gasteiger partial charge in [-0.3, -0.25) is 0 Å². The molecule has 0 bridgehead atoms. The van der Waals surface area contributed by atoms with Crippen LogP contribution in [0.3, 0.4) is 0 Å². The number of aliphatic hydroxyl groups is 1. The highest BCUT2D eigenvalue weighted by atomic mass is 32.2. The molecule has 0 atom stereocenters. The molecule has 0 aromatic carbocycles. The molecule has 0 aliphatic carbocycles. The summed E-state index contributed by atoms with van der Waals surface area (Å²) >= 11 is 1.18. The molecule has 1 fully saturated rings. The summed E-state index contributed by atoms with van der Waals surface area (Å²) in [4.78, 5) is 0.737. The molecule has 1 aromatic heterocycles. The molecule has 1 saturated heterocycles. The van der Waals surface area contributed by atoms with Gasteiger partial charge in [0.15, 0.2) is 0 Å². The van der Waals surface area contributed by atoms with Crippen molar-refractivity contribution in [2.24, 2.45) is 0 Å². The van der Waals surface area contributed by atoms with Gasteiger partial charge in [-0.15, -0.1) is 11.3 Å². The smallest absolute Gasteiger partial charge is 0.252 e. The third kappa shape index (κ3) is 2.54. The molecule has 1 N–H and O–H groups in total. The van der Waals surface area contributed by atoms with Gasteiger partial charge >= 0.3 is 0 Å². The highest BCUT2D eigenvalue weighted by molar-refractivity contribution is 7.91. The Bertz CT molecular complexity index is 487. The lowest BCUT2D eigenvalue weighted by atomic mass is 10.2. The van der Waals surface area contributed by atoms with E-state index in [0.29, 0.717) is 17.3 Å². The number of aryl methyl sites for hydroxylation is 1. The van der Waals surface area contributed by atoms with Crippen molar-refractivity contribution >= 4 is 21.4 Å². The molecule has 0 radical (unpaired) electrons. The Hall–Kier alpha value is -0.430. The van der Waals surface area contributed by atoms with Crippen molar-refractivity contribution in [2.45, 2.75) is 37.0 Å². The monoisotopic (exact) mass is 275 g/mol. The molecule has 0 unspecified atom stereocenters. The average Bonchev–Trinajstić information content (AvgIpc) is 2.72. The molecule has 2 heterocycles. The van der Waals surface area contributed by atoms with Crippen LogP contribution in [-0.2, 0) is 16.6 Å². The summed E-state index contributed by atoms with van der Waals surface area (Å²) in [6, 6.07) is 1.67. The highest BCUT2D eigenvalue weighted by Gasteiger charge is 2.27. The second-order valence-electron chi connectivity index (χ2n) is 4.29. The Morgan fingerprint density at radius 1 is 1.35 bits per heavy atom. The van der Waals surface area contributed by atoms with Gasteiger partial charge in [0.2, 0.25) is 0 Å². The van der Waals surface area contributed by atoms with Crippen LogP contribution in [0.5, 0.6) is 0 Å². The lowest BCUT2D eigenvalue weighted by Gasteiger charge is -2.25. The van der Waals surface area contributed by atoms with Gasteiger partial charge in [0.05, 0.1) is 6.61 Å². The van der Waals surface area contributed by atoms with Crippen LogP contribution in [0.4, 0.5) is 0 Å². The first-order chi connectivity index (χ1) is 8.05. The standard InChI is InChI=1S/C11H17NO3S2/c1-9-7-11(16-10(9)8-13)17(14,15)12-5-3-2-4-6-12/h7,13H,2-6,8H2,1H3. The Morgan fingerprint density at radius 2 is 2.00 bits per heavy atom. The van der Waals surface area contributed by atoms with Crippen LogP contribution in [0.25, 0.3) is 0 Å². The molecular weight excluding hydrogens is 258 g/mol. The number of aliphatic hydroxyl groups excluding tert-OH is 1. The van der Waals surface area contributed by atoms with Crippen LogP contribution in [0.1, 0.15) is 29.7 Å². The van der Waals surface area contributed by atoms with E-state index in [9.17, 15) is 8.42 Å². The number of piperidine rings is 1. The van der Waals surface area contributed by atoms with E-state index in [4.69, 9.17) is 5.11 Å². The van der Waals surface area contributed by atoms with Gasteiger partial charge in [0.1, 0.15) is 4.21 Å². The molecule has 2 rings (SSSR count). The van der Waals surface area contributed by atoms with E-state index in [0.717, 1.165) is 29.7 Å². The van der Waals surface area contributed by atoms with Crippen LogP contribution >= 0.6 is 11.3 Å². The predicted molar refractivity (Wildman–Crippen MR) is 67.6 cm³/mol. The first-order valence-electron chi connectivity index (χ1n) is 5.76. The van der Waals surface area contributed by atoms with E-state index in [2.05, 4.69) is 0 Å². The molecule has 96 valence electrons. The first kappa shape index (κ1) is 13.0. The molecule has 1 aliphatic heterocycles. The number of hydrogen-bond acceptors (Lipinski definition) is 4. The largest absolute Gasteiger partial charge is 0.391 e. The second-order valence-corrected chi connectivity index (χ2v) is 7.60. The number of thiophene rings is 1. The summed E-state index contributed by atoms with van der Waals surface area (Å²) in [5.74, 6) is 0. The Labute approximate surface area is 106 Å². The number of rotatable bonds is 3. The van der Waals surface area contributed by atoms with Gasteiger partial charge in [-0.05, 0) is 31.4 Å². The number of nitrogens with zero attached hydrogens (tertiary/aromatic N) is 1. The Kier molecular flexibility index (Phi) is 3.87. The van der Waals surface area contributed by atoms with Gasteiger partial charge in [-0.25, -0.2) is 8.42 Å². The van der Waals surface area contributed by atoms with Crippen molar-refractivity contribution in [3.8, 4) is 0 Å². The van der Waals surface area contributed by atoms with Crippen molar-refractivity contribution in [1.29, 1.82) is 0 Å². The fourth-order valence-corrected chi connectivity index (χ4v) is 5.13. The fourth-order valence-electron chi connectivity index (χ4n) is 2.01. The van der Waals surface area contributed by atoms with E-state index in [1.54, 1.807) is 10.4 Å². The maximum Gasteiger partial charge on any atom is 0.252 e. The third-order valence-electron chi connectivity index (χ3n) is 3.05. The maximum absolute atomic E-state index is 12.3. The summed E-state index contributed by atoms with van der Waals surface area (Å²) in [6.45, 7) is 2.98. The van der Waals surface area contributed by atoms with E-state index >= 15 is 0 Å². The third-order valence-corrected chi connectivity index (χ3v) is 6.62. The highest BCUT2D eigenvalue weighted by Crippen LogP contribution is 2.29. The SMILES string of the molecule is Cc1cc(S(=O)(=O)N2CCCCC2)sc1CO. The molecule has 6 heteroatoms. The molecule has 17 heavy (non-hydrogen) atoms. The average molecular weight is 275 g/mol. The summed E-state index contributed by atoms with van der Waals surface area (Å²) < 4.78 is 26.6.